The van der Waals surface area contributed by atoms with Crippen LogP contribution in [0.5, 0.6) is 0 Å². The highest BCUT2D eigenvalue weighted by Gasteiger charge is 2.24. The first-order chi connectivity index (χ1) is 13.8. The Labute approximate surface area is 166 Å². The van der Waals surface area contributed by atoms with Gasteiger partial charge in [-0.3, -0.25) is 9.88 Å². The van der Waals surface area contributed by atoms with Gasteiger partial charge < -0.3 is 4.57 Å². The molecule has 3 nitrogen and oxygen atoms in total. The number of benzene rings is 2. The Morgan fingerprint density at radius 2 is 1.86 bits per heavy atom. The number of rotatable bonds is 4. The Hall–Kier alpha value is -2.65. The molecule has 0 amide bonds. The molecule has 0 saturated carbocycles. The minimum atomic E-state index is 0.482. The summed E-state index contributed by atoms with van der Waals surface area (Å²) in [5, 5.41) is 2.74. The van der Waals surface area contributed by atoms with E-state index in [0.717, 1.165) is 19.6 Å². The third-order valence-electron chi connectivity index (χ3n) is 6.22. The number of likely N-dealkylation sites (tertiary alicyclic amines) is 1. The predicted molar refractivity (Wildman–Crippen MR) is 116 cm³/mol. The zero-order chi connectivity index (χ0) is 18.9. The van der Waals surface area contributed by atoms with Crippen LogP contribution in [-0.2, 0) is 13.1 Å². The van der Waals surface area contributed by atoms with Crippen molar-refractivity contribution >= 4 is 21.8 Å². The van der Waals surface area contributed by atoms with Gasteiger partial charge in [-0.2, -0.15) is 0 Å². The Morgan fingerprint density at radius 3 is 2.71 bits per heavy atom. The van der Waals surface area contributed by atoms with Crippen molar-refractivity contribution < 1.29 is 0 Å². The van der Waals surface area contributed by atoms with Crippen molar-refractivity contribution in [3.05, 3.63) is 78.1 Å². The fourth-order valence-electron chi connectivity index (χ4n) is 4.91. The van der Waals surface area contributed by atoms with Gasteiger partial charge >= 0.3 is 0 Å². The number of aryl methyl sites for hydroxylation is 1. The van der Waals surface area contributed by atoms with Crippen LogP contribution < -0.4 is 0 Å². The molecule has 3 heteroatoms. The lowest BCUT2D eigenvalue weighted by molar-refractivity contribution is 0.140. The molecule has 1 saturated heterocycles. The lowest BCUT2D eigenvalue weighted by atomic mass is 9.95. The summed E-state index contributed by atoms with van der Waals surface area (Å²) in [5.41, 5.74) is 5.44. The maximum atomic E-state index is 4.36. The molecular formula is C25H27N3. The SMILES string of the molecule is CCn1c2ccccc2c2cc(CN3CCCC[C@@H]3c3cccnc3)ccc21. The first kappa shape index (κ1) is 17.4. The summed E-state index contributed by atoms with van der Waals surface area (Å²) in [4.78, 5) is 7.00. The van der Waals surface area contributed by atoms with Gasteiger partial charge in [-0.05, 0) is 61.7 Å². The van der Waals surface area contributed by atoms with Gasteiger partial charge in [0.2, 0.25) is 0 Å². The molecule has 28 heavy (non-hydrogen) atoms. The van der Waals surface area contributed by atoms with Crippen molar-refractivity contribution in [3.8, 4) is 0 Å². The summed E-state index contributed by atoms with van der Waals surface area (Å²) in [6, 6.07) is 20.6. The number of hydrogen-bond acceptors (Lipinski definition) is 2. The van der Waals surface area contributed by atoms with E-state index in [0.29, 0.717) is 6.04 Å². The summed E-state index contributed by atoms with van der Waals surface area (Å²) in [6.45, 7) is 5.39. The average molecular weight is 370 g/mol. The summed E-state index contributed by atoms with van der Waals surface area (Å²) < 4.78 is 2.42. The van der Waals surface area contributed by atoms with Gasteiger partial charge in [0.05, 0.1) is 0 Å². The van der Waals surface area contributed by atoms with Crippen LogP contribution in [0.1, 0.15) is 43.4 Å². The fraction of sp³-hybridized carbons (Fsp3) is 0.320. The summed E-state index contributed by atoms with van der Waals surface area (Å²) in [7, 11) is 0. The van der Waals surface area contributed by atoms with Gasteiger partial charge in [0.1, 0.15) is 0 Å². The van der Waals surface area contributed by atoms with E-state index in [4.69, 9.17) is 0 Å². The molecule has 2 aromatic carbocycles. The third kappa shape index (κ3) is 3.00. The molecule has 3 heterocycles. The lowest BCUT2D eigenvalue weighted by Crippen LogP contribution is -2.32. The van der Waals surface area contributed by atoms with Crippen molar-refractivity contribution in [3.63, 3.8) is 0 Å². The highest BCUT2D eigenvalue weighted by molar-refractivity contribution is 6.08. The molecule has 0 N–H and O–H groups in total. The van der Waals surface area contributed by atoms with Crippen molar-refractivity contribution in [1.82, 2.24) is 14.5 Å². The maximum absolute atomic E-state index is 4.36. The number of nitrogens with zero attached hydrogens (tertiary/aromatic N) is 3. The average Bonchev–Trinajstić information content (AvgIpc) is 3.08. The third-order valence-corrected chi connectivity index (χ3v) is 6.22. The van der Waals surface area contributed by atoms with Crippen LogP contribution in [0.15, 0.2) is 67.0 Å². The Kier molecular flexibility index (Phi) is 4.61. The van der Waals surface area contributed by atoms with E-state index >= 15 is 0 Å². The Bertz CT molecular complexity index is 1100. The smallest absolute Gasteiger partial charge is 0.0491 e. The van der Waals surface area contributed by atoms with Crippen molar-refractivity contribution in [2.24, 2.45) is 0 Å². The molecular weight excluding hydrogens is 342 g/mol. The van der Waals surface area contributed by atoms with Gasteiger partial charge in [0.25, 0.3) is 0 Å². The Balaban J connectivity index is 1.51. The first-order valence-corrected chi connectivity index (χ1v) is 10.5. The van der Waals surface area contributed by atoms with E-state index in [9.17, 15) is 0 Å². The van der Waals surface area contributed by atoms with Crippen molar-refractivity contribution in [2.75, 3.05) is 6.54 Å². The zero-order valence-corrected chi connectivity index (χ0v) is 16.5. The molecule has 142 valence electrons. The number of aromatic nitrogens is 2. The van der Waals surface area contributed by atoms with Gasteiger partial charge in [-0.15, -0.1) is 0 Å². The van der Waals surface area contributed by atoms with Crippen molar-refractivity contribution in [1.29, 1.82) is 0 Å². The second kappa shape index (κ2) is 7.40. The fourth-order valence-corrected chi connectivity index (χ4v) is 4.91. The minimum absolute atomic E-state index is 0.482. The number of fused-ring (bicyclic) bond motifs is 3. The quantitative estimate of drug-likeness (QED) is 0.444. The highest BCUT2D eigenvalue weighted by atomic mass is 15.2. The zero-order valence-electron chi connectivity index (χ0n) is 16.5. The molecule has 2 aromatic heterocycles. The largest absolute Gasteiger partial charge is 0.341 e. The second-order valence-corrected chi connectivity index (χ2v) is 7.88. The molecule has 1 aliphatic rings. The van der Waals surface area contributed by atoms with Crippen LogP contribution in [0.2, 0.25) is 0 Å². The van der Waals surface area contributed by atoms with Crippen LogP contribution in [0, 0.1) is 0 Å². The van der Waals surface area contributed by atoms with Gasteiger partial charge in [0.15, 0.2) is 0 Å². The van der Waals surface area contributed by atoms with Gasteiger partial charge in [-0.25, -0.2) is 0 Å². The number of para-hydroxylation sites is 1. The van der Waals surface area contributed by atoms with Crippen LogP contribution in [0.3, 0.4) is 0 Å². The first-order valence-electron chi connectivity index (χ1n) is 10.5. The molecule has 0 aliphatic carbocycles. The molecule has 1 aliphatic heterocycles. The molecule has 5 rings (SSSR count). The van der Waals surface area contributed by atoms with Crippen LogP contribution in [-0.4, -0.2) is 21.0 Å². The predicted octanol–water partition coefficient (Wildman–Crippen LogP) is 5.94. The summed E-state index contributed by atoms with van der Waals surface area (Å²) >= 11 is 0. The molecule has 4 aromatic rings. The number of pyridine rings is 1. The molecule has 0 bridgehead atoms. The lowest BCUT2D eigenvalue weighted by Gasteiger charge is -2.36. The van der Waals surface area contributed by atoms with E-state index in [1.165, 1.54) is 52.2 Å². The normalized spacial score (nSPS) is 18.1. The molecule has 0 spiro atoms. The molecule has 1 atom stereocenters. The second-order valence-electron chi connectivity index (χ2n) is 7.88. The van der Waals surface area contributed by atoms with E-state index in [2.05, 4.69) is 76.0 Å². The van der Waals surface area contributed by atoms with Crippen molar-refractivity contribution in [2.45, 2.75) is 45.3 Å². The van der Waals surface area contributed by atoms with E-state index in [-0.39, 0.29) is 0 Å². The van der Waals surface area contributed by atoms with Gasteiger partial charge in [0, 0.05) is 53.3 Å². The summed E-state index contributed by atoms with van der Waals surface area (Å²) in [6.07, 6.45) is 7.73. The van der Waals surface area contributed by atoms with Crippen LogP contribution in [0.25, 0.3) is 21.8 Å². The maximum Gasteiger partial charge on any atom is 0.0491 e. The highest BCUT2D eigenvalue weighted by Crippen LogP contribution is 2.34. The van der Waals surface area contributed by atoms with E-state index < -0.39 is 0 Å². The monoisotopic (exact) mass is 369 g/mol. The standard InChI is InChI=1S/C25H27N3/c1-2-28-24-11-4-3-9-21(24)22-16-19(12-13-25(22)28)18-27-15-6-5-10-23(27)20-8-7-14-26-17-20/h3-4,7-9,11-14,16-17,23H,2,5-6,10,15,18H2,1H3/t23-/m1/s1. The van der Waals surface area contributed by atoms with Crippen LogP contribution in [0.4, 0.5) is 0 Å². The summed E-state index contributed by atoms with van der Waals surface area (Å²) in [5.74, 6) is 0. The number of piperidine rings is 1. The van der Waals surface area contributed by atoms with E-state index in [1.807, 2.05) is 12.4 Å². The van der Waals surface area contributed by atoms with Crippen LogP contribution >= 0.6 is 0 Å². The topological polar surface area (TPSA) is 21.1 Å². The molecule has 0 radical (unpaired) electrons. The minimum Gasteiger partial charge on any atom is -0.341 e. The molecule has 1 fully saturated rings. The Morgan fingerprint density at radius 1 is 0.964 bits per heavy atom. The van der Waals surface area contributed by atoms with E-state index in [1.54, 1.807) is 0 Å². The van der Waals surface area contributed by atoms with Gasteiger partial charge in [-0.1, -0.05) is 36.8 Å². The number of hydrogen-bond donors (Lipinski definition) is 0. The molecule has 0 unspecified atom stereocenters.